The fourth-order valence-electron chi connectivity index (χ4n) is 4.24. The van der Waals surface area contributed by atoms with E-state index in [4.69, 9.17) is 16.3 Å². The van der Waals surface area contributed by atoms with Gasteiger partial charge >= 0.3 is 0 Å². The number of nitrogens with one attached hydrogen (secondary N) is 2. The summed E-state index contributed by atoms with van der Waals surface area (Å²) < 4.78 is 6.01. The summed E-state index contributed by atoms with van der Waals surface area (Å²) in [5, 5.41) is 6.77. The topological polar surface area (TPSA) is 67.4 Å². The largest absolute Gasteiger partial charge is 0.483 e. The van der Waals surface area contributed by atoms with E-state index in [9.17, 15) is 9.59 Å². The lowest BCUT2D eigenvalue weighted by molar-refractivity contribution is -0.134. The molecule has 2 aromatic rings. The van der Waals surface area contributed by atoms with Crippen LogP contribution in [0.4, 0.5) is 0 Å². The van der Waals surface area contributed by atoms with Crippen LogP contribution in [0.2, 0.25) is 5.02 Å². The Hall–Kier alpha value is -2.79. The van der Waals surface area contributed by atoms with E-state index in [0.29, 0.717) is 23.7 Å². The van der Waals surface area contributed by atoms with Crippen molar-refractivity contribution in [3.05, 3.63) is 76.5 Å². The molecule has 2 aliphatic rings. The van der Waals surface area contributed by atoms with Gasteiger partial charge in [0.05, 0.1) is 6.04 Å². The monoisotopic (exact) mass is 438 g/mol. The first-order valence-corrected chi connectivity index (χ1v) is 11.1. The van der Waals surface area contributed by atoms with Crippen molar-refractivity contribution in [1.29, 1.82) is 0 Å². The molecule has 4 atom stereocenters. The Bertz CT molecular complexity index is 958. The van der Waals surface area contributed by atoms with E-state index < -0.39 is 0 Å². The fourth-order valence-corrected chi connectivity index (χ4v) is 4.36. The van der Waals surface area contributed by atoms with Gasteiger partial charge < -0.3 is 15.4 Å². The predicted molar refractivity (Wildman–Crippen MR) is 121 cm³/mol. The Morgan fingerprint density at radius 2 is 1.94 bits per heavy atom. The normalized spacial score (nSPS) is 25.2. The number of amides is 2. The first-order chi connectivity index (χ1) is 15.0. The van der Waals surface area contributed by atoms with Gasteiger partial charge in [0.2, 0.25) is 5.91 Å². The molecule has 1 saturated heterocycles. The maximum atomic E-state index is 12.7. The zero-order valence-corrected chi connectivity index (χ0v) is 18.3. The highest BCUT2D eigenvalue weighted by atomic mass is 35.5. The second kappa shape index (κ2) is 9.56. The quantitative estimate of drug-likeness (QED) is 0.684. The first-order valence-electron chi connectivity index (χ1n) is 10.8. The number of hydrogen-bond acceptors (Lipinski definition) is 3. The summed E-state index contributed by atoms with van der Waals surface area (Å²) in [6.45, 7) is 2.71. The second-order valence-corrected chi connectivity index (χ2v) is 8.80. The van der Waals surface area contributed by atoms with Crippen LogP contribution in [-0.4, -0.2) is 30.5 Å². The summed E-state index contributed by atoms with van der Waals surface area (Å²) >= 11 is 5.92. The van der Waals surface area contributed by atoms with Gasteiger partial charge in [-0.15, -0.1) is 0 Å². The van der Waals surface area contributed by atoms with E-state index in [2.05, 4.69) is 29.7 Å². The second-order valence-electron chi connectivity index (χ2n) is 8.36. The molecule has 0 aromatic heterocycles. The fraction of sp³-hybridized carbons (Fsp3) is 0.360. The summed E-state index contributed by atoms with van der Waals surface area (Å²) in [6, 6.07) is 17.3. The molecule has 6 heteroatoms. The molecule has 4 rings (SSSR count). The minimum atomic E-state index is -0.241. The van der Waals surface area contributed by atoms with Crippen LogP contribution in [0.1, 0.15) is 43.2 Å². The van der Waals surface area contributed by atoms with Crippen LogP contribution >= 0.6 is 11.6 Å². The van der Waals surface area contributed by atoms with Gasteiger partial charge in [0.15, 0.2) is 5.76 Å². The molecular formula is C25H27ClN2O3. The standard InChI is InChI=1S/C25H27ClN2O3/c1-16(18-5-3-2-4-6-18)15-27-24(29)19-9-12-22-21(14-19)28-25(30)23(31-22)13-17-7-10-20(26)11-8-17/h2-8,10-11,13,16,19,21-22H,9,12,14-15H2,1H3,(H,27,29)(H,28,30)/b23-13-. The third-order valence-electron chi connectivity index (χ3n) is 6.10. The maximum Gasteiger partial charge on any atom is 0.286 e. The molecule has 2 fully saturated rings. The number of hydrogen-bond donors (Lipinski definition) is 2. The molecule has 4 unspecified atom stereocenters. The molecule has 162 valence electrons. The number of rotatable bonds is 5. The molecule has 0 spiro atoms. The average molecular weight is 439 g/mol. The summed E-state index contributed by atoms with van der Waals surface area (Å²) in [5.74, 6) is 0.255. The van der Waals surface area contributed by atoms with Crippen LogP contribution < -0.4 is 10.6 Å². The molecule has 5 nitrogen and oxygen atoms in total. The Labute approximate surface area is 187 Å². The van der Waals surface area contributed by atoms with Crippen LogP contribution in [0.25, 0.3) is 6.08 Å². The molecule has 1 aliphatic heterocycles. The number of morpholine rings is 1. The number of halogens is 1. The average Bonchev–Trinajstić information content (AvgIpc) is 2.79. The molecule has 1 aliphatic carbocycles. The summed E-state index contributed by atoms with van der Waals surface area (Å²) in [4.78, 5) is 25.3. The Kier molecular flexibility index (Phi) is 6.62. The highest BCUT2D eigenvalue weighted by Crippen LogP contribution is 2.31. The van der Waals surface area contributed by atoms with Crippen molar-refractivity contribution in [1.82, 2.24) is 10.6 Å². The molecule has 0 bridgehead atoms. The van der Waals surface area contributed by atoms with Crippen LogP contribution in [0.15, 0.2) is 60.4 Å². The zero-order chi connectivity index (χ0) is 21.8. The van der Waals surface area contributed by atoms with Gasteiger partial charge in [-0.3, -0.25) is 9.59 Å². The molecule has 0 radical (unpaired) electrons. The number of fused-ring (bicyclic) bond motifs is 1. The van der Waals surface area contributed by atoms with Crippen molar-refractivity contribution < 1.29 is 14.3 Å². The molecule has 1 heterocycles. The minimum Gasteiger partial charge on any atom is -0.483 e. The third-order valence-corrected chi connectivity index (χ3v) is 6.35. The smallest absolute Gasteiger partial charge is 0.286 e. The van der Waals surface area contributed by atoms with Gasteiger partial charge in [0.1, 0.15) is 6.10 Å². The highest BCUT2D eigenvalue weighted by molar-refractivity contribution is 6.30. The lowest BCUT2D eigenvalue weighted by Gasteiger charge is -2.39. The van der Waals surface area contributed by atoms with Crippen molar-refractivity contribution in [2.75, 3.05) is 6.54 Å². The Balaban J connectivity index is 1.32. The van der Waals surface area contributed by atoms with E-state index in [1.165, 1.54) is 5.56 Å². The molecule has 2 aromatic carbocycles. The molecule has 31 heavy (non-hydrogen) atoms. The van der Waals surface area contributed by atoms with Gasteiger partial charge in [-0.2, -0.15) is 0 Å². The minimum absolute atomic E-state index is 0.0537. The van der Waals surface area contributed by atoms with Gasteiger partial charge in [-0.05, 0) is 54.5 Å². The van der Waals surface area contributed by atoms with Crippen LogP contribution in [0.5, 0.6) is 0 Å². The summed E-state index contributed by atoms with van der Waals surface area (Å²) in [6.07, 6.45) is 3.69. The molecule has 1 saturated carbocycles. The summed E-state index contributed by atoms with van der Waals surface area (Å²) in [5.41, 5.74) is 2.06. The van der Waals surface area contributed by atoms with Crippen LogP contribution in [0.3, 0.4) is 0 Å². The Morgan fingerprint density at radius 3 is 2.68 bits per heavy atom. The SMILES string of the molecule is CC(CNC(=O)C1CCC2O/C(=C\c3ccc(Cl)cc3)C(=O)NC2C1)c1ccccc1. The van der Waals surface area contributed by atoms with Crippen molar-refractivity contribution in [2.24, 2.45) is 5.92 Å². The van der Waals surface area contributed by atoms with Gasteiger partial charge in [0.25, 0.3) is 5.91 Å². The van der Waals surface area contributed by atoms with Gasteiger partial charge in [-0.1, -0.05) is 61.0 Å². The third kappa shape index (κ3) is 5.28. The van der Waals surface area contributed by atoms with Crippen molar-refractivity contribution in [2.45, 2.75) is 44.2 Å². The maximum absolute atomic E-state index is 12.7. The van der Waals surface area contributed by atoms with Gasteiger partial charge in [-0.25, -0.2) is 0 Å². The van der Waals surface area contributed by atoms with Crippen molar-refractivity contribution in [3.63, 3.8) is 0 Å². The Morgan fingerprint density at radius 1 is 1.19 bits per heavy atom. The number of ether oxygens (including phenoxy) is 1. The van der Waals surface area contributed by atoms with Crippen LogP contribution in [-0.2, 0) is 14.3 Å². The zero-order valence-electron chi connectivity index (χ0n) is 17.5. The van der Waals surface area contributed by atoms with E-state index in [-0.39, 0.29) is 35.8 Å². The van der Waals surface area contributed by atoms with Crippen molar-refractivity contribution in [3.8, 4) is 0 Å². The number of carbonyl (C=O) groups excluding carboxylic acids is 2. The van der Waals surface area contributed by atoms with E-state index in [1.54, 1.807) is 18.2 Å². The lowest BCUT2D eigenvalue weighted by atomic mass is 9.82. The number of benzene rings is 2. The number of carbonyl (C=O) groups is 2. The van der Waals surface area contributed by atoms with Gasteiger partial charge in [0, 0.05) is 17.5 Å². The van der Waals surface area contributed by atoms with E-state index >= 15 is 0 Å². The molecule has 2 amide bonds. The first kappa shape index (κ1) is 21.4. The van der Waals surface area contributed by atoms with E-state index in [1.807, 2.05) is 30.3 Å². The lowest BCUT2D eigenvalue weighted by Crippen LogP contribution is -2.54. The predicted octanol–water partition coefficient (Wildman–Crippen LogP) is 4.28. The van der Waals surface area contributed by atoms with E-state index in [0.717, 1.165) is 18.4 Å². The molecular weight excluding hydrogens is 412 g/mol. The highest BCUT2D eigenvalue weighted by Gasteiger charge is 2.40. The summed E-state index contributed by atoms with van der Waals surface area (Å²) in [7, 11) is 0. The van der Waals surface area contributed by atoms with Crippen LogP contribution in [0, 0.1) is 5.92 Å². The van der Waals surface area contributed by atoms with Crippen molar-refractivity contribution >= 4 is 29.5 Å². The molecule has 2 N–H and O–H groups in total.